The summed E-state index contributed by atoms with van der Waals surface area (Å²) in [5, 5.41) is 3.07. The molecular weight excluding hydrogens is 428 g/mol. The first-order valence-electron chi connectivity index (χ1n) is 10.3. The highest BCUT2D eigenvalue weighted by Crippen LogP contribution is 2.25. The summed E-state index contributed by atoms with van der Waals surface area (Å²) in [6.07, 6.45) is 1.96. The van der Waals surface area contributed by atoms with Gasteiger partial charge in [0.05, 0.1) is 23.5 Å². The van der Waals surface area contributed by atoms with Crippen molar-refractivity contribution >= 4 is 38.6 Å². The highest BCUT2D eigenvalue weighted by atomic mass is 79.9. The molecule has 1 atom stereocenters. The number of fused-ring (bicyclic) bond motifs is 1. The Morgan fingerprint density at radius 3 is 2.72 bits per heavy atom. The standard InChI is InChI=1S/C23H27BrN4O/c1-16(2)28-21-8-4-3-7-20(21)26-22(28)15-27-13-5-6-17(14-27)23(29)25-19-11-9-18(24)10-12-19/h3-4,7-12,16-17H,5-6,13-15H2,1-2H3,(H,25,29)/t17-/m0/s1. The minimum atomic E-state index is 0.00396. The average molecular weight is 455 g/mol. The molecule has 0 unspecified atom stereocenters. The Bertz CT molecular complexity index is 996. The first-order valence-corrected chi connectivity index (χ1v) is 11.0. The highest BCUT2D eigenvalue weighted by Gasteiger charge is 2.27. The van der Waals surface area contributed by atoms with E-state index in [0.29, 0.717) is 6.04 Å². The molecule has 1 amide bonds. The van der Waals surface area contributed by atoms with Crippen molar-refractivity contribution in [1.29, 1.82) is 0 Å². The van der Waals surface area contributed by atoms with E-state index in [1.807, 2.05) is 30.3 Å². The summed E-state index contributed by atoms with van der Waals surface area (Å²) in [4.78, 5) is 20.1. The number of carbonyl (C=O) groups excluding carboxylic acids is 1. The average Bonchev–Trinajstić information content (AvgIpc) is 3.08. The second-order valence-electron chi connectivity index (χ2n) is 8.05. The molecule has 0 bridgehead atoms. The van der Waals surface area contributed by atoms with Crippen molar-refractivity contribution in [3.8, 4) is 0 Å². The number of rotatable bonds is 5. The zero-order valence-electron chi connectivity index (χ0n) is 16.9. The maximum Gasteiger partial charge on any atom is 0.228 e. The minimum absolute atomic E-state index is 0.00396. The zero-order chi connectivity index (χ0) is 20.4. The van der Waals surface area contributed by atoms with Crippen LogP contribution in [0.5, 0.6) is 0 Å². The Hall–Kier alpha value is -2.18. The van der Waals surface area contributed by atoms with Crippen LogP contribution >= 0.6 is 15.9 Å². The van der Waals surface area contributed by atoms with Crippen LogP contribution in [0.3, 0.4) is 0 Å². The summed E-state index contributed by atoms with van der Waals surface area (Å²) in [6.45, 7) is 6.94. The van der Waals surface area contributed by atoms with E-state index >= 15 is 0 Å². The molecule has 0 aliphatic carbocycles. The predicted octanol–water partition coefficient (Wildman–Crippen LogP) is 5.23. The molecule has 0 spiro atoms. The van der Waals surface area contributed by atoms with Gasteiger partial charge in [0.2, 0.25) is 5.91 Å². The van der Waals surface area contributed by atoms with Gasteiger partial charge in [-0.15, -0.1) is 0 Å². The lowest BCUT2D eigenvalue weighted by molar-refractivity contribution is -0.121. The van der Waals surface area contributed by atoms with Crippen LogP contribution in [0.25, 0.3) is 11.0 Å². The third kappa shape index (κ3) is 4.54. The SMILES string of the molecule is CC(C)n1c(CN2CCC[C@H](C(=O)Nc3ccc(Br)cc3)C2)nc2ccccc21. The summed E-state index contributed by atoms with van der Waals surface area (Å²) < 4.78 is 3.33. The van der Waals surface area contributed by atoms with Crippen molar-refractivity contribution in [3.05, 3.63) is 58.8 Å². The van der Waals surface area contributed by atoms with Crippen LogP contribution in [0.4, 0.5) is 5.69 Å². The van der Waals surface area contributed by atoms with E-state index in [9.17, 15) is 4.79 Å². The first-order chi connectivity index (χ1) is 14.0. The van der Waals surface area contributed by atoms with E-state index in [4.69, 9.17) is 4.98 Å². The van der Waals surface area contributed by atoms with Crippen LogP contribution in [0.2, 0.25) is 0 Å². The minimum Gasteiger partial charge on any atom is -0.326 e. The molecule has 0 radical (unpaired) electrons. The lowest BCUT2D eigenvalue weighted by atomic mass is 9.97. The number of nitrogens with zero attached hydrogens (tertiary/aromatic N) is 3. The third-order valence-corrected chi connectivity index (χ3v) is 6.07. The Balaban J connectivity index is 1.46. The number of hydrogen-bond acceptors (Lipinski definition) is 3. The van der Waals surface area contributed by atoms with Gasteiger partial charge in [-0.1, -0.05) is 28.1 Å². The van der Waals surface area contributed by atoms with Crippen molar-refractivity contribution in [3.63, 3.8) is 0 Å². The van der Waals surface area contributed by atoms with Gasteiger partial charge in [0.15, 0.2) is 0 Å². The van der Waals surface area contributed by atoms with E-state index in [-0.39, 0.29) is 11.8 Å². The molecule has 1 aromatic heterocycles. The van der Waals surface area contributed by atoms with Gasteiger partial charge in [-0.05, 0) is 69.6 Å². The van der Waals surface area contributed by atoms with Gasteiger partial charge >= 0.3 is 0 Å². The van der Waals surface area contributed by atoms with Crippen molar-refractivity contribution in [2.24, 2.45) is 5.92 Å². The number of amides is 1. The predicted molar refractivity (Wildman–Crippen MR) is 121 cm³/mol. The Morgan fingerprint density at radius 1 is 1.21 bits per heavy atom. The summed E-state index contributed by atoms with van der Waals surface area (Å²) >= 11 is 3.43. The number of benzene rings is 2. The molecule has 1 aliphatic rings. The molecule has 0 saturated carbocycles. The summed E-state index contributed by atoms with van der Waals surface area (Å²) in [5.41, 5.74) is 3.06. The number of carbonyl (C=O) groups is 1. The smallest absolute Gasteiger partial charge is 0.228 e. The molecule has 6 heteroatoms. The van der Waals surface area contributed by atoms with Crippen molar-refractivity contribution in [2.75, 3.05) is 18.4 Å². The van der Waals surface area contributed by atoms with Crippen molar-refractivity contribution < 1.29 is 4.79 Å². The molecular formula is C23H27BrN4O. The Kier molecular flexibility index (Phi) is 6.01. The van der Waals surface area contributed by atoms with Gasteiger partial charge in [0.25, 0.3) is 0 Å². The number of halogens is 1. The van der Waals surface area contributed by atoms with Gasteiger partial charge < -0.3 is 9.88 Å². The lowest BCUT2D eigenvalue weighted by Gasteiger charge is -2.32. The van der Waals surface area contributed by atoms with E-state index in [2.05, 4.69) is 62.8 Å². The number of likely N-dealkylation sites (tertiary alicyclic amines) is 1. The topological polar surface area (TPSA) is 50.2 Å². The number of nitrogens with one attached hydrogen (secondary N) is 1. The van der Waals surface area contributed by atoms with E-state index < -0.39 is 0 Å². The maximum atomic E-state index is 12.8. The fourth-order valence-corrected chi connectivity index (χ4v) is 4.44. The third-order valence-electron chi connectivity index (χ3n) is 5.54. The first kappa shape index (κ1) is 20.1. The normalized spacial score (nSPS) is 17.7. The van der Waals surface area contributed by atoms with Gasteiger partial charge in [-0.2, -0.15) is 0 Å². The highest BCUT2D eigenvalue weighted by molar-refractivity contribution is 9.10. The second-order valence-corrected chi connectivity index (χ2v) is 8.97. The van der Waals surface area contributed by atoms with Gasteiger partial charge in [-0.3, -0.25) is 9.69 Å². The van der Waals surface area contributed by atoms with E-state index in [1.165, 1.54) is 5.52 Å². The van der Waals surface area contributed by atoms with Gasteiger partial charge in [0.1, 0.15) is 5.82 Å². The number of aromatic nitrogens is 2. The van der Waals surface area contributed by atoms with Crippen molar-refractivity contribution in [2.45, 2.75) is 39.3 Å². The van der Waals surface area contributed by atoms with Crippen molar-refractivity contribution in [1.82, 2.24) is 14.5 Å². The zero-order valence-corrected chi connectivity index (χ0v) is 18.5. The van der Waals surface area contributed by atoms with Gasteiger partial charge in [-0.25, -0.2) is 4.98 Å². The number of imidazole rings is 1. The summed E-state index contributed by atoms with van der Waals surface area (Å²) in [6, 6.07) is 16.4. The molecule has 1 aliphatic heterocycles. The molecule has 5 nitrogen and oxygen atoms in total. The van der Waals surface area contributed by atoms with Crippen LogP contribution in [-0.4, -0.2) is 33.4 Å². The second kappa shape index (κ2) is 8.67. The fourth-order valence-electron chi connectivity index (χ4n) is 4.17. The molecule has 1 fully saturated rings. The largest absolute Gasteiger partial charge is 0.326 e. The fraction of sp³-hybridized carbons (Fsp3) is 0.391. The molecule has 4 rings (SSSR count). The Labute approximate surface area is 180 Å². The molecule has 2 aromatic carbocycles. The van der Waals surface area contributed by atoms with E-state index in [1.54, 1.807) is 0 Å². The Morgan fingerprint density at radius 2 is 1.97 bits per heavy atom. The number of piperidine rings is 1. The van der Waals surface area contributed by atoms with Crippen LogP contribution in [0.15, 0.2) is 53.0 Å². The maximum absolute atomic E-state index is 12.8. The number of anilines is 1. The molecule has 2 heterocycles. The molecule has 1 saturated heterocycles. The molecule has 29 heavy (non-hydrogen) atoms. The monoisotopic (exact) mass is 454 g/mol. The van der Waals surface area contributed by atoms with Crippen LogP contribution < -0.4 is 5.32 Å². The summed E-state index contributed by atoms with van der Waals surface area (Å²) in [7, 11) is 0. The van der Waals surface area contributed by atoms with Crippen LogP contribution in [-0.2, 0) is 11.3 Å². The summed E-state index contributed by atoms with van der Waals surface area (Å²) in [5.74, 6) is 1.19. The molecule has 1 N–H and O–H groups in total. The van der Waals surface area contributed by atoms with Gasteiger partial charge in [0, 0.05) is 22.7 Å². The van der Waals surface area contributed by atoms with Crippen LogP contribution in [0, 0.1) is 5.92 Å². The quantitative estimate of drug-likeness (QED) is 0.573. The lowest BCUT2D eigenvalue weighted by Crippen LogP contribution is -2.40. The molecule has 3 aromatic rings. The van der Waals surface area contributed by atoms with E-state index in [0.717, 1.165) is 54.0 Å². The number of hydrogen-bond donors (Lipinski definition) is 1. The van der Waals surface area contributed by atoms with Crippen LogP contribution in [0.1, 0.15) is 38.6 Å². The number of para-hydroxylation sites is 2. The molecule has 152 valence electrons.